The number of carbonyl (C=O) groups is 6. The molecule has 0 bridgehead atoms. The quantitative estimate of drug-likeness (QED) is 0.00990. The highest BCUT2D eigenvalue weighted by molar-refractivity contribution is 5.99. The van der Waals surface area contributed by atoms with Crippen LogP contribution in [-0.2, 0) is 35.3 Å². The largest absolute Gasteiger partial charge is 0.497 e. The number of rotatable bonds is 24. The molecular weight excluding hydrogens is 961 g/mol. The van der Waals surface area contributed by atoms with E-state index >= 15 is 0 Å². The molecule has 3 aromatic rings. The standard InChI is InChI=1S/C37H50N22O13/c1-71-16-9-8-15(21(10-16)72-2)13-57(19-11-17(38)18(58(67)68)12-20(19)59(69)70)33(66)32(65)48-22(14-6-4-3-5-7-14)28(61)50-25(54-35(42)43)30(63)52-27(56-37(46)47)31(64)51-26(55-36(44)45)29(62)49-24(23(39)60)53-34(40)41/h3-12,22,24-27,33,66H,13,38H2,1-2H3,(H2,39,60)(H,48,65)(H,49,62)(H,50,61)(H,51,64)(H,52,63)(H4,40,41,53)(H4,42,43,54)(H4,44,45,55)(H4,46,47,56). The molecule has 0 aliphatic heterocycles. The van der Waals surface area contributed by atoms with Crippen LogP contribution in [0.25, 0.3) is 0 Å². The van der Waals surface area contributed by atoms with Crippen LogP contribution in [0.5, 0.6) is 11.5 Å². The number of primary amides is 1. The van der Waals surface area contributed by atoms with Crippen molar-refractivity contribution in [2.45, 2.75) is 43.5 Å². The van der Waals surface area contributed by atoms with E-state index in [9.17, 15) is 54.1 Å². The smallest absolute Gasteiger partial charge is 0.299 e. The summed E-state index contributed by atoms with van der Waals surface area (Å²) in [6, 6.07) is 10.7. The number of methoxy groups -OCH3 is 2. The zero-order valence-electron chi connectivity index (χ0n) is 37.7. The summed E-state index contributed by atoms with van der Waals surface area (Å²) in [5.41, 5.74) is 51.7. The topological polar surface area (TPSA) is 600 Å². The van der Waals surface area contributed by atoms with Gasteiger partial charge in [-0.15, -0.1) is 0 Å². The lowest BCUT2D eigenvalue weighted by molar-refractivity contribution is -0.393. The zero-order valence-corrected chi connectivity index (χ0v) is 37.7. The third-order valence-electron chi connectivity index (χ3n) is 9.12. The molecule has 0 aliphatic rings. The van der Waals surface area contributed by atoms with Gasteiger partial charge in [0.2, 0.25) is 36.8 Å². The number of aliphatic hydroxyl groups is 1. The van der Waals surface area contributed by atoms with Gasteiger partial charge < -0.3 is 103 Å². The van der Waals surface area contributed by atoms with Crippen LogP contribution in [-0.4, -0.2) is 119 Å². The molecule has 35 nitrogen and oxygen atoms in total. The first-order chi connectivity index (χ1) is 33.8. The summed E-state index contributed by atoms with van der Waals surface area (Å²) in [6.45, 7) is -0.609. The molecule has 0 fully saturated rings. The fraction of sp³-hybridized carbons (Fsp3) is 0.243. The maximum absolute atomic E-state index is 14.2. The number of hydrogen-bond donors (Lipinski definition) is 16. The number of aliphatic hydroxyl groups excluding tert-OH is 1. The molecule has 26 N–H and O–H groups in total. The van der Waals surface area contributed by atoms with E-state index in [1.807, 2.05) is 16.0 Å². The second kappa shape index (κ2) is 25.0. The van der Waals surface area contributed by atoms with Crippen LogP contribution in [0, 0.1) is 20.2 Å². The van der Waals surface area contributed by atoms with Crippen LogP contribution < -0.4 is 98.3 Å². The van der Waals surface area contributed by atoms with Gasteiger partial charge in [0, 0.05) is 18.2 Å². The number of carbonyl (C=O) groups excluding carboxylic acids is 6. The Morgan fingerprint density at radius 1 is 0.611 bits per heavy atom. The van der Waals surface area contributed by atoms with Crippen molar-refractivity contribution in [3.05, 3.63) is 92.0 Å². The molecule has 386 valence electrons. The number of hydrogen-bond acceptors (Lipinski definition) is 19. The molecule has 0 aliphatic carbocycles. The highest BCUT2D eigenvalue weighted by atomic mass is 16.6. The van der Waals surface area contributed by atoms with E-state index in [2.05, 4.69) is 30.6 Å². The Balaban J connectivity index is 2.07. The molecule has 3 rings (SSSR count). The molecule has 0 radical (unpaired) electrons. The van der Waals surface area contributed by atoms with Crippen molar-refractivity contribution in [2.24, 2.45) is 71.6 Å². The number of nitro groups is 2. The predicted octanol–water partition coefficient (Wildman–Crippen LogP) is -7.37. The summed E-state index contributed by atoms with van der Waals surface area (Å²) in [6.07, 6.45) is -11.0. The van der Waals surface area contributed by atoms with Gasteiger partial charge in [0.15, 0.2) is 23.8 Å². The Bertz CT molecular complexity index is 2670. The predicted molar refractivity (Wildman–Crippen MR) is 253 cm³/mol. The first kappa shape index (κ1) is 55.8. The Morgan fingerprint density at radius 3 is 1.50 bits per heavy atom. The first-order valence-electron chi connectivity index (χ1n) is 19.9. The summed E-state index contributed by atoms with van der Waals surface area (Å²) in [4.78, 5) is 118. The maximum Gasteiger partial charge on any atom is 0.299 e. The summed E-state index contributed by atoms with van der Waals surface area (Å²) < 4.78 is 10.7. The van der Waals surface area contributed by atoms with Crippen molar-refractivity contribution in [3.63, 3.8) is 0 Å². The van der Waals surface area contributed by atoms with Crippen molar-refractivity contribution < 1.29 is 53.2 Å². The molecule has 6 atom stereocenters. The normalized spacial score (nSPS) is 12.9. The molecule has 6 unspecified atom stereocenters. The molecule has 6 amide bonds. The number of ether oxygens (including phenoxy) is 2. The Morgan fingerprint density at radius 2 is 1.07 bits per heavy atom. The van der Waals surface area contributed by atoms with Crippen LogP contribution in [0.15, 0.2) is 80.6 Å². The van der Waals surface area contributed by atoms with E-state index < -0.39 is 135 Å². The second-order valence-corrected chi connectivity index (χ2v) is 14.2. The monoisotopic (exact) mass is 1010 g/mol. The Hall–Kier alpha value is -10.5. The number of nitrogens with two attached hydrogens (primary N) is 10. The number of aliphatic imine (C=N–C) groups is 4. The zero-order chi connectivity index (χ0) is 54.1. The van der Waals surface area contributed by atoms with Crippen molar-refractivity contribution in [3.8, 4) is 11.5 Å². The van der Waals surface area contributed by atoms with Gasteiger partial charge in [0.05, 0.1) is 30.1 Å². The van der Waals surface area contributed by atoms with E-state index in [1.165, 1.54) is 62.8 Å². The average molecular weight is 1010 g/mol. The Kier molecular flexibility index (Phi) is 19.4. The second-order valence-electron chi connectivity index (χ2n) is 14.2. The van der Waals surface area contributed by atoms with Gasteiger partial charge in [-0.25, -0.2) is 20.0 Å². The number of amides is 6. The van der Waals surface area contributed by atoms with Gasteiger partial charge in [0.25, 0.3) is 40.9 Å². The van der Waals surface area contributed by atoms with Crippen LogP contribution in [0.2, 0.25) is 0 Å². The number of nitrogens with one attached hydrogen (secondary N) is 5. The van der Waals surface area contributed by atoms with Gasteiger partial charge >= 0.3 is 0 Å². The number of nitrogens with zero attached hydrogens (tertiary/aromatic N) is 7. The third-order valence-corrected chi connectivity index (χ3v) is 9.12. The highest BCUT2D eigenvalue weighted by Crippen LogP contribution is 2.39. The van der Waals surface area contributed by atoms with E-state index in [1.54, 1.807) is 0 Å². The fourth-order valence-electron chi connectivity index (χ4n) is 5.98. The lowest BCUT2D eigenvalue weighted by Crippen LogP contribution is -2.58. The Labute approximate surface area is 404 Å². The molecule has 35 heteroatoms. The molecule has 0 saturated heterocycles. The molecular formula is C37H50N22O13. The van der Waals surface area contributed by atoms with Crippen molar-refractivity contribution in [1.29, 1.82) is 0 Å². The van der Waals surface area contributed by atoms with Crippen LogP contribution >= 0.6 is 0 Å². The SMILES string of the molecule is COc1ccc(CN(c2cc(N)c([N+](=O)[O-])cc2[N+](=O)[O-])C(O)C(=O)NC(C(=O)NC(N=C(N)N)C(=O)NC(N=C(N)N)C(=O)NC(N=C(N)N)C(=O)NC(N=C(N)N)C(N)=O)c2ccccc2)c(OC)c1. The van der Waals surface area contributed by atoms with Crippen LogP contribution in [0.1, 0.15) is 17.2 Å². The van der Waals surface area contributed by atoms with E-state index in [0.29, 0.717) is 11.8 Å². The maximum atomic E-state index is 14.2. The number of anilines is 2. The molecule has 0 spiro atoms. The van der Waals surface area contributed by atoms with Crippen molar-refractivity contribution in [2.75, 3.05) is 24.9 Å². The van der Waals surface area contributed by atoms with Gasteiger partial charge in [-0.2, -0.15) is 0 Å². The number of guanidine groups is 4. The minimum atomic E-state index is -2.51. The summed E-state index contributed by atoms with van der Waals surface area (Å²) in [7, 11) is 2.62. The number of nitro benzene ring substituents is 2. The lowest BCUT2D eigenvalue weighted by Gasteiger charge is -2.31. The van der Waals surface area contributed by atoms with E-state index in [0.717, 1.165) is 11.0 Å². The molecule has 0 heterocycles. The minimum Gasteiger partial charge on any atom is -0.497 e. The lowest BCUT2D eigenvalue weighted by atomic mass is 10.1. The minimum absolute atomic E-state index is 0.0337. The highest BCUT2D eigenvalue weighted by Gasteiger charge is 2.37. The molecule has 3 aromatic carbocycles. The van der Waals surface area contributed by atoms with Gasteiger partial charge in [-0.3, -0.25) is 49.0 Å². The van der Waals surface area contributed by atoms with Crippen LogP contribution in [0.3, 0.4) is 0 Å². The summed E-state index contributed by atoms with van der Waals surface area (Å²) in [5.74, 6) is -11.1. The molecule has 72 heavy (non-hydrogen) atoms. The number of nitrogen functional groups attached to an aromatic ring is 1. The van der Waals surface area contributed by atoms with Crippen molar-refractivity contribution >= 4 is 82.0 Å². The van der Waals surface area contributed by atoms with Gasteiger partial charge in [-0.05, 0) is 23.8 Å². The average Bonchev–Trinajstić information content (AvgIpc) is 3.30. The van der Waals surface area contributed by atoms with E-state index in [4.69, 9.17) is 66.8 Å². The molecule has 0 aromatic heterocycles. The van der Waals surface area contributed by atoms with Crippen LogP contribution in [0.4, 0.5) is 22.7 Å². The van der Waals surface area contributed by atoms with Crippen molar-refractivity contribution in [1.82, 2.24) is 26.6 Å². The van der Waals surface area contributed by atoms with Gasteiger partial charge in [-0.1, -0.05) is 30.3 Å². The van der Waals surface area contributed by atoms with E-state index in [-0.39, 0.29) is 16.9 Å². The number of benzene rings is 3. The summed E-state index contributed by atoms with van der Waals surface area (Å²) >= 11 is 0. The van der Waals surface area contributed by atoms with Gasteiger partial charge in [0.1, 0.15) is 28.9 Å². The fourth-order valence-corrected chi connectivity index (χ4v) is 5.98. The molecule has 0 saturated carbocycles. The summed E-state index contributed by atoms with van der Waals surface area (Å²) in [5, 5.41) is 46.3. The first-order valence-corrected chi connectivity index (χ1v) is 19.9. The third kappa shape index (κ3) is 15.5.